The fourth-order valence-corrected chi connectivity index (χ4v) is 5.38. The van der Waals surface area contributed by atoms with Crippen LogP contribution in [0, 0.1) is 12.7 Å². The number of aromatic nitrogens is 4. The lowest BCUT2D eigenvalue weighted by Crippen LogP contribution is -2.48. The van der Waals surface area contributed by atoms with Gasteiger partial charge in [-0.1, -0.05) is 31.4 Å². The van der Waals surface area contributed by atoms with Gasteiger partial charge < -0.3 is 19.2 Å². The number of fused-ring (bicyclic) bond motifs is 1. The number of amides is 2. The number of ether oxygens (including phenoxy) is 2. The first-order valence-electron chi connectivity index (χ1n) is 14.1. The Morgan fingerprint density at radius 1 is 1.05 bits per heavy atom. The molecule has 2 amide bonds. The summed E-state index contributed by atoms with van der Waals surface area (Å²) in [4.78, 5) is 30.6. The van der Waals surface area contributed by atoms with Crippen LogP contribution in [-0.4, -0.2) is 51.3 Å². The minimum absolute atomic E-state index is 0.00216. The Hall–Kier alpha value is -4.74. The van der Waals surface area contributed by atoms with Crippen LogP contribution >= 0.6 is 0 Å². The predicted octanol–water partition coefficient (Wildman–Crippen LogP) is 4.38. The monoisotopic (exact) mass is 574 g/mol. The van der Waals surface area contributed by atoms with Crippen molar-refractivity contribution >= 4 is 17.5 Å². The van der Waals surface area contributed by atoms with Crippen LogP contribution in [-0.2, 0) is 16.1 Å². The maximum absolute atomic E-state index is 14.3. The highest BCUT2D eigenvalue weighted by molar-refractivity contribution is 6.01. The average Bonchev–Trinajstić information content (AvgIpc) is 3.65. The van der Waals surface area contributed by atoms with Gasteiger partial charge in [-0.3, -0.25) is 14.5 Å². The van der Waals surface area contributed by atoms with Crippen molar-refractivity contribution in [1.82, 2.24) is 25.5 Å². The molecule has 42 heavy (non-hydrogen) atoms. The number of hydrogen-bond acceptors (Lipinski definition) is 8. The van der Waals surface area contributed by atoms with E-state index in [2.05, 4.69) is 20.7 Å². The third-order valence-electron chi connectivity index (χ3n) is 7.41. The standard InChI is InChI=1S/C30H31FN6O5/c1-19-11-13-25(42-19)28(30(39)32-20-7-3-2-4-8-20)37(21-12-14-24-26(17-21)41-16-15-40-24)27(38)18-36-34-29(33-35-36)22-9-5-6-10-23(22)31/h5-6,9-14,17,20,28H,2-4,7-8,15-16,18H2,1H3,(H,32,39)/t28-/m1/s1. The SMILES string of the molecule is Cc1ccc([C@H](C(=O)NC2CCCCC2)N(C(=O)Cn2nnc(-c3ccccc3F)n2)c2ccc3c(c2)OCCO3)o1. The molecule has 1 saturated carbocycles. The smallest absolute Gasteiger partial charge is 0.251 e. The molecule has 1 aliphatic heterocycles. The Morgan fingerprint density at radius 2 is 1.83 bits per heavy atom. The summed E-state index contributed by atoms with van der Waals surface area (Å²) in [5.74, 6) is 0.570. The molecule has 0 bridgehead atoms. The zero-order chi connectivity index (χ0) is 29.1. The highest BCUT2D eigenvalue weighted by atomic mass is 19.1. The molecule has 12 heteroatoms. The van der Waals surface area contributed by atoms with Gasteiger partial charge in [-0.15, -0.1) is 10.2 Å². The molecule has 3 heterocycles. The lowest BCUT2D eigenvalue weighted by molar-refractivity contribution is -0.128. The van der Waals surface area contributed by atoms with E-state index in [0.717, 1.165) is 36.9 Å². The summed E-state index contributed by atoms with van der Waals surface area (Å²) < 4.78 is 31.7. The molecule has 0 saturated heterocycles. The normalized spacial score (nSPS) is 15.7. The molecule has 1 aliphatic carbocycles. The molecule has 0 spiro atoms. The average molecular weight is 575 g/mol. The summed E-state index contributed by atoms with van der Waals surface area (Å²) >= 11 is 0. The van der Waals surface area contributed by atoms with Crippen molar-refractivity contribution in [1.29, 1.82) is 0 Å². The van der Waals surface area contributed by atoms with Crippen LogP contribution in [0.5, 0.6) is 11.5 Å². The Labute approximate surface area is 241 Å². The number of tetrazole rings is 1. The molecule has 1 atom stereocenters. The van der Waals surface area contributed by atoms with Crippen molar-refractivity contribution in [2.45, 2.75) is 57.7 Å². The number of benzene rings is 2. The van der Waals surface area contributed by atoms with Gasteiger partial charge in [0.2, 0.25) is 5.82 Å². The first-order valence-corrected chi connectivity index (χ1v) is 14.1. The van der Waals surface area contributed by atoms with Crippen LogP contribution in [0.1, 0.15) is 49.7 Å². The van der Waals surface area contributed by atoms with Crippen molar-refractivity contribution in [3.05, 3.63) is 71.9 Å². The summed E-state index contributed by atoms with van der Waals surface area (Å²) in [7, 11) is 0. The van der Waals surface area contributed by atoms with Crippen LogP contribution < -0.4 is 19.7 Å². The Morgan fingerprint density at radius 3 is 2.60 bits per heavy atom. The fraction of sp³-hybridized carbons (Fsp3) is 0.367. The first-order chi connectivity index (χ1) is 20.5. The molecule has 2 aromatic carbocycles. The first kappa shape index (κ1) is 27.4. The molecule has 1 N–H and O–H groups in total. The van der Waals surface area contributed by atoms with Crippen LogP contribution in [0.2, 0.25) is 0 Å². The predicted molar refractivity (Wildman–Crippen MR) is 149 cm³/mol. The van der Waals surface area contributed by atoms with Gasteiger partial charge in [0.05, 0.1) is 5.56 Å². The van der Waals surface area contributed by atoms with Gasteiger partial charge in [0.15, 0.2) is 17.5 Å². The van der Waals surface area contributed by atoms with Gasteiger partial charge >= 0.3 is 0 Å². The maximum atomic E-state index is 14.3. The van der Waals surface area contributed by atoms with Gasteiger partial charge in [0.1, 0.15) is 37.1 Å². The molecule has 4 aromatic rings. The molecule has 2 aliphatic rings. The molecular formula is C30H31FN6O5. The van der Waals surface area contributed by atoms with Crippen molar-refractivity contribution < 1.29 is 27.9 Å². The largest absolute Gasteiger partial charge is 0.486 e. The number of rotatable bonds is 8. The van der Waals surface area contributed by atoms with E-state index in [-0.39, 0.29) is 29.9 Å². The number of anilines is 1. The lowest BCUT2D eigenvalue weighted by atomic mass is 9.95. The quantitative estimate of drug-likeness (QED) is 0.329. The molecule has 0 radical (unpaired) electrons. The summed E-state index contributed by atoms with van der Waals surface area (Å²) in [6.07, 6.45) is 4.94. The van der Waals surface area contributed by atoms with E-state index in [4.69, 9.17) is 13.9 Å². The van der Waals surface area contributed by atoms with Gasteiger partial charge in [-0.2, -0.15) is 4.80 Å². The topological polar surface area (TPSA) is 125 Å². The number of carbonyl (C=O) groups excluding carboxylic acids is 2. The highest BCUT2D eigenvalue weighted by Gasteiger charge is 2.37. The highest BCUT2D eigenvalue weighted by Crippen LogP contribution is 2.38. The molecule has 1 fully saturated rings. The van der Waals surface area contributed by atoms with E-state index in [1.165, 1.54) is 17.0 Å². The number of halogens is 1. The van der Waals surface area contributed by atoms with Crippen molar-refractivity contribution in [3.8, 4) is 22.9 Å². The van der Waals surface area contributed by atoms with E-state index >= 15 is 0 Å². The number of aryl methyl sites for hydroxylation is 1. The van der Waals surface area contributed by atoms with Crippen LogP contribution in [0.25, 0.3) is 11.4 Å². The third kappa shape index (κ3) is 5.83. The third-order valence-corrected chi connectivity index (χ3v) is 7.41. The number of nitrogens with one attached hydrogen (secondary N) is 1. The van der Waals surface area contributed by atoms with Crippen molar-refractivity contribution in [2.24, 2.45) is 0 Å². The van der Waals surface area contributed by atoms with E-state index in [1.54, 1.807) is 49.4 Å². The number of nitrogens with zero attached hydrogens (tertiary/aromatic N) is 5. The summed E-state index contributed by atoms with van der Waals surface area (Å²) in [6.45, 7) is 2.17. The zero-order valence-corrected chi connectivity index (χ0v) is 23.2. The Balaban J connectivity index is 1.37. The van der Waals surface area contributed by atoms with E-state index in [1.807, 2.05) is 0 Å². The molecule has 6 rings (SSSR count). The van der Waals surface area contributed by atoms with Gasteiger partial charge in [-0.25, -0.2) is 4.39 Å². The van der Waals surface area contributed by atoms with Gasteiger partial charge in [0.25, 0.3) is 11.8 Å². The second-order valence-corrected chi connectivity index (χ2v) is 10.4. The fourth-order valence-electron chi connectivity index (χ4n) is 5.38. The molecule has 0 unspecified atom stereocenters. The van der Waals surface area contributed by atoms with Crippen LogP contribution in [0.15, 0.2) is 59.0 Å². The summed E-state index contributed by atoms with van der Waals surface area (Å²) in [5.41, 5.74) is 0.562. The Kier molecular flexibility index (Phi) is 7.85. The Bertz CT molecular complexity index is 1580. The summed E-state index contributed by atoms with van der Waals surface area (Å²) in [6, 6.07) is 13.4. The lowest BCUT2D eigenvalue weighted by Gasteiger charge is -2.32. The van der Waals surface area contributed by atoms with Gasteiger partial charge in [-0.05, 0) is 61.4 Å². The molecule has 11 nitrogen and oxygen atoms in total. The van der Waals surface area contributed by atoms with Crippen molar-refractivity contribution in [2.75, 3.05) is 18.1 Å². The van der Waals surface area contributed by atoms with Crippen molar-refractivity contribution in [3.63, 3.8) is 0 Å². The second kappa shape index (κ2) is 12.0. The number of carbonyl (C=O) groups is 2. The minimum atomic E-state index is -1.13. The minimum Gasteiger partial charge on any atom is -0.486 e. The number of furan rings is 1. The zero-order valence-electron chi connectivity index (χ0n) is 23.2. The van der Waals surface area contributed by atoms with Gasteiger partial charge in [0, 0.05) is 17.8 Å². The van der Waals surface area contributed by atoms with Crippen LogP contribution in [0.3, 0.4) is 0 Å². The maximum Gasteiger partial charge on any atom is 0.251 e. The van der Waals surface area contributed by atoms with Crippen LogP contribution in [0.4, 0.5) is 10.1 Å². The molecular weight excluding hydrogens is 543 g/mol. The molecule has 218 valence electrons. The second-order valence-electron chi connectivity index (χ2n) is 10.4. The molecule has 2 aromatic heterocycles. The van der Waals surface area contributed by atoms with E-state index in [9.17, 15) is 14.0 Å². The van der Waals surface area contributed by atoms with E-state index < -0.39 is 17.8 Å². The number of hydrogen-bond donors (Lipinski definition) is 1. The van der Waals surface area contributed by atoms with E-state index in [0.29, 0.717) is 41.9 Å². The summed E-state index contributed by atoms with van der Waals surface area (Å²) in [5, 5.41) is 15.3.